The van der Waals surface area contributed by atoms with Gasteiger partial charge in [-0.15, -0.1) is 0 Å². The zero-order valence-electron chi connectivity index (χ0n) is 19.6. The average molecular weight is 487 g/mol. The van der Waals surface area contributed by atoms with Gasteiger partial charge in [0.1, 0.15) is 5.67 Å². The Bertz CT molecular complexity index is 1140. The molecule has 0 bridgehead atoms. The van der Waals surface area contributed by atoms with Crippen LogP contribution in [0.4, 0.5) is 4.39 Å². The summed E-state index contributed by atoms with van der Waals surface area (Å²) in [7, 11) is -3.24. The first-order chi connectivity index (χ1) is 15.3. The van der Waals surface area contributed by atoms with E-state index < -0.39 is 27.1 Å². The Balaban J connectivity index is 0.00000408. The summed E-state index contributed by atoms with van der Waals surface area (Å²) >= 11 is 0. The molecule has 0 aromatic heterocycles. The molecule has 7 heteroatoms. The van der Waals surface area contributed by atoms with Gasteiger partial charge in [0.05, 0.1) is 17.7 Å². The highest BCUT2D eigenvalue weighted by Crippen LogP contribution is 2.38. The molecule has 0 radical (unpaired) electrons. The van der Waals surface area contributed by atoms with E-state index in [4.69, 9.17) is 6.57 Å². The monoisotopic (exact) mass is 486 g/mol. The van der Waals surface area contributed by atoms with Crippen LogP contribution in [0.3, 0.4) is 0 Å². The number of benzene rings is 2. The predicted octanol–water partition coefficient (Wildman–Crippen LogP) is 6.17. The molecular weight excluding hydrogens is 451 g/mol. The van der Waals surface area contributed by atoms with E-state index in [0.29, 0.717) is 19.3 Å². The van der Waals surface area contributed by atoms with E-state index >= 15 is 0 Å². The lowest BCUT2D eigenvalue weighted by Crippen LogP contribution is -2.41. The minimum absolute atomic E-state index is 0. The fourth-order valence-corrected chi connectivity index (χ4v) is 4.68. The summed E-state index contributed by atoms with van der Waals surface area (Å²) in [4.78, 5) is 16.7. The van der Waals surface area contributed by atoms with Crippen LogP contribution in [-0.2, 0) is 14.6 Å². The van der Waals surface area contributed by atoms with E-state index in [0.717, 1.165) is 16.7 Å². The minimum Gasteiger partial charge on any atom is -0.287 e. The van der Waals surface area contributed by atoms with E-state index in [1.807, 2.05) is 31.2 Å². The van der Waals surface area contributed by atoms with Gasteiger partial charge in [-0.25, -0.2) is 19.4 Å². The summed E-state index contributed by atoms with van der Waals surface area (Å²) < 4.78 is 37.8. The van der Waals surface area contributed by atoms with Gasteiger partial charge in [-0.2, -0.15) is 0 Å². The number of alkyl halides is 1. The number of rotatable bonds is 9. The van der Waals surface area contributed by atoms with Crippen LogP contribution in [0.2, 0.25) is 0 Å². The third kappa shape index (κ3) is 7.14. The van der Waals surface area contributed by atoms with Crippen molar-refractivity contribution in [3.8, 4) is 11.1 Å². The zero-order valence-corrected chi connectivity index (χ0v) is 20.4. The van der Waals surface area contributed by atoms with E-state index in [1.165, 1.54) is 20.1 Å². The predicted molar refractivity (Wildman–Crippen MR) is 135 cm³/mol. The average Bonchev–Trinajstić information content (AvgIpc) is 3.51. The van der Waals surface area contributed by atoms with Gasteiger partial charge < -0.3 is 0 Å². The van der Waals surface area contributed by atoms with Gasteiger partial charge in [-0.1, -0.05) is 50.7 Å². The van der Waals surface area contributed by atoms with Gasteiger partial charge in [0.25, 0.3) is 0 Å². The summed E-state index contributed by atoms with van der Waals surface area (Å²) in [5, 5.41) is 2.84. The lowest BCUT2D eigenvalue weighted by atomic mass is 9.83. The van der Waals surface area contributed by atoms with Crippen LogP contribution in [-0.4, -0.2) is 31.9 Å². The summed E-state index contributed by atoms with van der Waals surface area (Å²) in [6, 6.07) is 14.7. The van der Waals surface area contributed by atoms with Crippen LogP contribution in [0.1, 0.15) is 65.4 Å². The van der Waals surface area contributed by atoms with Crippen molar-refractivity contribution in [1.29, 1.82) is 0 Å². The molecule has 1 aliphatic rings. The molecule has 184 valence electrons. The maximum atomic E-state index is 14.4. The van der Waals surface area contributed by atoms with Crippen LogP contribution in [0.15, 0.2) is 53.4 Å². The number of carbonyl (C=O) groups is 1. The summed E-state index contributed by atoms with van der Waals surface area (Å²) in [6.45, 7) is 12.3. The summed E-state index contributed by atoms with van der Waals surface area (Å²) in [6.07, 6.45) is 3.06. The van der Waals surface area contributed by atoms with Crippen molar-refractivity contribution in [2.75, 3.05) is 6.26 Å². The zero-order chi connectivity index (χ0) is 24.4. The molecule has 0 spiro atoms. The normalized spacial score (nSPS) is 16.5. The van der Waals surface area contributed by atoms with Gasteiger partial charge in [-0.3, -0.25) is 15.0 Å². The maximum absolute atomic E-state index is 14.4. The van der Waals surface area contributed by atoms with Crippen molar-refractivity contribution >= 4 is 15.7 Å². The second-order valence-electron chi connectivity index (χ2n) is 9.81. The van der Waals surface area contributed by atoms with Crippen molar-refractivity contribution in [1.82, 2.24) is 5.32 Å². The number of carbonyl (C=O) groups excluding carboxylic acids is 1. The number of nitrogens with one attached hydrogen (secondary N) is 1. The molecule has 1 saturated carbocycles. The number of nitrogens with zero attached hydrogens (tertiary/aromatic N) is 1. The molecule has 2 aromatic carbocycles. The largest absolute Gasteiger partial charge is 0.308 e. The van der Waals surface area contributed by atoms with Crippen LogP contribution in [0.5, 0.6) is 0 Å². The van der Waals surface area contributed by atoms with Crippen molar-refractivity contribution in [2.45, 2.75) is 76.0 Å². The molecule has 1 amide bonds. The fourth-order valence-electron chi connectivity index (χ4n) is 4.05. The number of sulfone groups is 1. The van der Waals surface area contributed by atoms with Crippen LogP contribution in [0.25, 0.3) is 16.0 Å². The molecular formula is C27H35FN2O3S. The molecule has 1 N–H and O–H groups in total. The van der Waals surface area contributed by atoms with Gasteiger partial charge in [0.15, 0.2) is 9.84 Å². The first-order valence-corrected chi connectivity index (χ1v) is 13.0. The molecule has 0 aliphatic heterocycles. The molecule has 1 aliphatic carbocycles. The van der Waals surface area contributed by atoms with Crippen molar-refractivity contribution in [3.63, 3.8) is 0 Å². The topological polar surface area (TPSA) is 67.6 Å². The summed E-state index contributed by atoms with van der Waals surface area (Å²) in [5.41, 5.74) is 0.628. The van der Waals surface area contributed by atoms with E-state index in [1.54, 1.807) is 24.3 Å². The number of hydrogen-bond donors (Lipinski definition) is 1. The number of amides is 1. The first-order valence-electron chi connectivity index (χ1n) is 11.1. The van der Waals surface area contributed by atoms with Gasteiger partial charge in [-0.05, 0) is 61.4 Å². The molecule has 5 nitrogen and oxygen atoms in total. The van der Waals surface area contributed by atoms with E-state index in [2.05, 4.69) is 10.2 Å². The highest BCUT2D eigenvalue weighted by atomic mass is 32.2. The van der Waals surface area contributed by atoms with Gasteiger partial charge >= 0.3 is 5.66 Å². The fraction of sp³-hybridized carbons (Fsp3) is 0.481. The SMILES string of the molecule is C.[C-]#[N+]C1(NC(=O)C(CC(C)c2ccc(-c3ccc(S(C)(=O)=O)cc3)cc2)CC(C)(C)F)CC1. The smallest absolute Gasteiger partial charge is 0.287 e. The third-order valence-corrected chi connectivity index (χ3v) is 7.26. The lowest BCUT2D eigenvalue weighted by Gasteiger charge is -2.25. The Labute approximate surface area is 203 Å². The van der Waals surface area contributed by atoms with Crippen LogP contribution in [0, 0.1) is 12.5 Å². The molecule has 2 atom stereocenters. The number of halogens is 1. The summed E-state index contributed by atoms with van der Waals surface area (Å²) in [5.74, 6) is -0.751. The highest BCUT2D eigenvalue weighted by Gasteiger charge is 2.53. The lowest BCUT2D eigenvalue weighted by molar-refractivity contribution is -0.127. The Morgan fingerprint density at radius 3 is 2.03 bits per heavy atom. The molecule has 2 aromatic rings. The minimum atomic E-state index is -3.24. The molecule has 2 unspecified atom stereocenters. The quantitative estimate of drug-likeness (QED) is 0.431. The van der Waals surface area contributed by atoms with E-state index in [-0.39, 0.29) is 30.6 Å². The van der Waals surface area contributed by atoms with Gasteiger partial charge in [0, 0.05) is 12.2 Å². The molecule has 3 rings (SSSR count). The van der Waals surface area contributed by atoms with Crippen molar-refractivity contribution in [3.05, 3.63) is 65.5 Å². The Hall–Kier alpha value is -2.72. The second kappa shape index (κ2) is 10.3. The molecule has 0 heterocycles. The van der Waals surface area contributed by atoms with Crippen molar-refractivity contribution in [2.24, 2.45) is 5.92 Å². The highest BCUT2D eigenvalue weighted by molar-refractivity contribution is 7.90. The molecule has 0 saturated heterocycles. The van der Waals surface area contributed by atoms with Crippen molar-refractivity contribution < 1.29 is 17.6 Å². The first kappa shape index (κ1) is 27.5. The molecule has 1 fully saturated rings. The Morgan fingerprint density at radius 2 is 1.62 bits per heavy atom. The van der Waals surface area contributed by atoms with Crippen LogP contribution < -0.4 is 5.32 Å². The molecule has 34 heavy (non-hydrogen) atoms. The third-order valence-electron chi connectivity index (χ3n) is 6.13. The Morgan fingerprint density at radius 1 is 1.12 bits per heavy atom. The maximum Gasteiger partial charge on any atom is 0.308 e. The van der Waals surface area contributed by atoms with Gasteiger partial charge in [0.2, 0.25) is 5.91 Å². The number of hydrogen-bond acceptors (Lipinski definition) is 3. The standard InChI is InChI=1S/C26H31FN2O3S.CH4/c1-18(16-22(17-25(2,3)27)24(30)29-26(28-4)14-15-26)19-6-8-20(9-7-19)21-10-12-23(13-11-21)33(5,31)32;/h6-13,18,22H,14-17H2,1-3,5H3,(H,29,30);1H4. The second-order valence-corrected chi connectivity index (χ2v) is 11.8. The van der Waals surface area contributed by atoms with E-state index in [9.17, 15) is 17.6 Å². The Kier molecular flexibility index (Phi) is 8.31. The van der Waals surface area contributed by atoms with Crippen LogP contribution >= 0.6 is 0 Å².